The molecule has 0 saturated carbocycles. The van der Waals surface area contributed by atoms with Gasteiger partial charge in [-0.15, -0.1) is 11.3 Å². The Bertz CT molecular complexity index is 284. The van der Waals surface area contributed by atoms with Crippen molar-refractivity contribution in [3.8, 4) is 0 Å². The molecule has 15 heavy (non-hydrogen) atoms. The molecule has 2 rings (SSSR count). The summed E-state index contributed by atoms with van der Waals surface area (Å²) in [6, 6.07) is 5.71. The maximum absolute atomic E-state index is 3.49. The number of piperazine rings is 1. The molecule has 2 unspecified atom stereocenters. The van der Waals surface area contributed by atoms with Crippen LogP contribution in [0, 0.1) is 0 Å². The second kappa shape index (κ2) is 5.10. The van der Waals surface area contributed by atoms with Gasteiger partial charge in [-0.3, -0.25) is 4.90 Å². The van der Waals surface area contributed by atoms with Gasteiger partial charge in [0.15, 0.2) is 0 Å². The van der Waals surface area contributed by atoms with Crippen LogP contribution in [0.25, 0.3) is 0 Å². The van der Waals surface area contributed by atoms with Crippen molar-refractivity contribution in [2.24, 2.45) is 0 Å². The lowest BCUT2D eigenvalue weighted by molar-refractivity contribution is 0.158. The van der Waals surface area contributed by atoms with Crippen molar-refractivity contribution in [3.05, 3.63) is 22.4 Å². The first-order valence-electron chi connectivity index (χ1n) is 5.75. The van der Waals surface area contributed by atoms with Crippen molar-refractivity contribution in [1.29, 1.82) is 0 Å². The van der Waals surface area contributed by atoms with Crippen molar-refractivity contribution in [2.45, 2.75) is 32.4 Å². The van der Waals surface area contributed by atoms with Gasteiger partial charge in [0.2, 0.25) is 0 Å². The third kappa shape index (κ3) is 3.03. The largest absolute Gasteiger partial charge is 0.312 e. The van der Waals surface area contributed by atoms with Crippen LogP contribution in [0.15, 0.2) is 17.5 Å². The molecule has 1 aliphatic rings. The quantitative estimate of drug-likeness (QED) is 0.844. The molecule has 0 spiro atoms. The van der Waals surface area contributed by atoms with Crippen LogP contribution in [-0.2, 0) is 6.42 Å². The molecule has 3 heteroatoms. The molecule has 1 fully saturated rings. The topological polar surface area (TPSA) is 15.3 Å². The van der Waals surface area contributed by atoms with E-state index < -0.39 is 0 Å². The SMILES string of the molecule is CC1CN(C(C)Cc2cccs2)CCN1. The summed E-state index contributed by atoms with van der Waals surface area (Å²) in [5, 5.41) is 5.66. The van der Waals surface area contributed by atoms with E-state index in [4.69, 9.17) is 0 Å². The third-order valence-electron chi connectivity index (χ3n) is 3.10. The third-order valence-corrected chi connectivity index (χ3v) is 4.00. The zero-order valence-electron chi connectivity index (χ0n) is 9.57. The molecule has 0 bridgehead atoms. The van der Waals surface area contributed by atoms with Crippen molar-refractivity contribution < 1.29 is 0 Å². The van der Waals surface area contributed by atoms with E-state index in [0.29, 0.717) is 12.1 Å². The summed E-state index contributed by atoms with van der Waals surface area (Å²) in [6.07, 6.45) is 1.20. The molecule has 1 aliphatic heterocycles. The molecule has 84 valence electrons. The highest BCUT2D eigenvalue weighted by molar-refractivity contribution is 7.09. The number of rotatable bonds is 3. The average molecular weight is 224 g/mol. The normalized spacial score (nSPS) is 25.3. The number of hydrogen-bond donors (Lipinski definition) is 1. The van der Waals surface area contributed by atoms with Crippen molar-refractivity contribution >= 4 is 11.3 Å². The van der Waals surface area contributed by atoms with Crippen molar-refractivity contribution in [2.75, 3.05) is 19.6 Å². The molecule has 0 radical (unpaired) electrons. The Morgan fingerprint density at radius 1 is 1.67 bits per heavy atom. The lowest BCUT2D eigenvalue weighted by atomic mass is 10.1. The van der Waals surface area contributed by atoms with Crippen LogP contribution in [0.3, 0.4) is 0 Å². The highest BCUT2D eigenvalue weighted by Crippen LogP contribution is 2.15. The smallest absolute Gasteiger partial charge is 0.0167 e. The van der Waals surface area contributed by atoms with Gasteiger partial charge in [-0.1, -0.05) is 6.07 Å². The van der Waals surface area contributed by atoms with E-state index in [1.54, 1.807) is 0 Å². The fourth-order valence-corrected chi connectivity index (χ4v) is 3.04. The number of nitrogens with zero attached hydrogens (tertiary/aromatic N) is 1. The van der Waals surface area contributed by atoms with Crippen LogP contribution in [0.5, 0.6) is 0 Å². The minimum absolute atomic E-state index is 0.643. The van der Waals surface area contributed by atoms with E-state index >= 15 is 0 Å². The lowest BCUT2D eigenvalue weighted by Crippen LogP contribution is -2.52. The standard InChI is InChI=1S/C12H20N2S/c1-10-9-14(6-5-13-10)11(2)8-12-4-3-7-15-12/h3-4,7,10-11,13H,5-6,8-9H2,1-2H3. The maximum atomic E-state index is 3.49. The summed E-state index contributed by atoms with van der Waals surface area (Å²) in [5.41, 5.74) is 0. The van der Waals surface area contributed by atoms with Gasteiger partial charge in [-0.25, -0.2) is 0 Å². The van der Waals surface area contributed by atoms with Gasteiger partial charge in [0.05, 0.1) is 0 Å². The summed E-state index contributed by atoms with van der Waals surface area (Å²) in [6.45, 7) is 8.13. The highest BCUT2D eigenvalue weighted by atomic mass is 32.1. The summed E-state index contributed by atoms with van der Waals surface area (Å²) >= 11 is 1.87. The Morgan fingerprint density at radius 3 is 3.20 bits per heavy atom. The first-order valence-corrected chi connectivity index (χ1v) is 6.63. The summed E-state index contributed by atoms with van der Waals surface area (Å²) in [5.74, 6) is 0. The first-order chi connectivity index (χ1) is 7.25. The Hall–Kier alpha value is -0.380. The van der Waals surface area contributed by atoms with E-state index in [9.17, 15) is 0 Å². The minimum Gasteiger partial charge on any atom is -0.312 e. The van der Waals surface area contributed by atoms with Gasteiger partial charge in [-0.05, 0) is 31.7 Å². The van der Waals surface area contributed by atoms with Gasteiger partial charge < -0.3 is 5.32 Å². The Kier molecular flexibility index (Phi) is 3.78. The molecular weight excluding hydrogens is 204 g/mol. The van der Waals surface area contributed by atoms with Crippen LogP contribution in [0.2, 0.25) is 0 Å². The molecule has 2 atom stereocenters. The lowest BCUT2D eigenvalue weighted by Gasteiger charge is -2.36. The van der Waals surface area contributed by atoms with E-state index in [1.807, 2.05) is 11.3 Å². The maximum Gasteiger partial charge on any atom is 0.0167 e. The predicted molar refractivity (Wildman–Crippen MR) is 66.5 cm³/mol. The Balaban J connectivity index is 1.87. The molecule has 2 heterocycles. The van der Waals surface area contributed by atoms with Crippen molar-refractivity contribution in [1.82, 2.24) is 10.2 Å². The van der Waals surface area contributed by atoms with Gasteiger partial charge >= 0.3 is 0 Å². The van der Waals surface area contributed by atoms with E-state index in [2.05, 4.69) is 41.6 Å². The van der Waals surface area contributed by atoms with E-state index in [-0.39, 0.29) is 0 Å². The minimum atomic E-state index is 0.643. The van der Waals surface area contributed by atoms with Crippen LogP contribution in [-0.4, -0.2) is 36.6 Å². The monoisotopic (exact) mass is 224 g/mol. The van der Waals surface area contributed by atoms with Crippen LogP contribution in [0.4, 0.5) is 0 Å². The number of nitrogens with one attached hydrogen (secondary N) is 1. The summed E-state index contributed by atoms with van der Waals surface area (Å²) in [4.78, 5) is 4.11. The van der Waals surface area contributed by atoms with Gasteiger partial charge in [0.1, 0.15) is 0 Å². The Morgan fingerprint density at radius 2 is 2.53 bits per heavy atom. The molecule has 0 aliphatic carbocycles. The molecule has 1 N–H and O–H groups in total. The molecule has 1 saturated heterocycles. The number of thiophene rings is 1. The molecule has 1 aromatic rings. The average Bonchev–Trinajstić information content (AvgIpc) is 2.70. The van der Waals surface area contributed by atoms with Gasteiger partial charge in [0, 0.05) is 36.6 Å². The van der Waals surface area contributed by atoms with E-state index in [0.717, 1.165) is 6.54 Å². The fourth-order valence-electron chi connectivity index (χ4n) is 2.21. The van der Waals surface area contributed by atoms with Crippen LogP contribution in [0.1, 0.15) is 18.7 Å². The summed E-state index contributed by atoms with van der Waals surface area (Å²) in [7, 11) is 0. The van der Waals surface area contributed by atoms with Crippen molar-refractivity contribution in [3.63, 3.8) is 0 Å². The highest BCUT2D eigenvalue weighted by Gasteiger charge is 2.20. The zero-order valence-corrected chi connectivity index (χ0v) is 10.4. The van der Waals surface area contributed by atoms with E-state index in [1.165, 1.54) is 24.4 Å². The molecule has 1 aromatic heterocycles. The molecule has 0 amide bonds. The second-order valence-corrected chi connectivity index (χ2v) is 5.51. The molecule has 0 aromatic carbocycles. The predicted octanol–water partition coefficient (Wildman–Crippen LogP) is 1.97. The van der Waals surface area contributed by atoms with Gasteiger partial charge in [0.25, 0.3) is 0 Å². The van der Waals surface area contributed by atoms with Gasteiger partial charge in [-0.2, -0.15) is 0 Å². The van der Waals surface area contributed by atoms with Crippen LogP contribution >= 0.6 is 11.3 Å². The fraction of sp³-hybridized carbons (Fsp3) is 0.667. The van der Waals surface area contributed by atoms with Crippen LogP contribution < -0.4 is 5.32 Å². The first kappa shape index (κ1) is 11.1. The Labute approximate surface area is 96.3 Å². The second-order valence-electron chi connectivity index (χ2n) is 4.48. The number of hydrogen-bond acceptors (Lipinski definition) is 3. The molecule has 2 nitrogen and oxygen atoms in total. The summed E-state index contributed by atoms with van der Waals surface area (Å²) < 4.78 is 0. The molecular formula is C12H20N2S. The zero-order chi connectivity index (χ0) is 10.7.